The van der Waals surface area contributed by atoms with E-state index >= 15 is 0 Å². The molecule has 130 valence electrons. The first-order valence-electron chi connectivity index (χ1n) is 8.24. The summed E-state index contributed by atoms with van der Waals surface area (Å²) in [5.41, 5.74) is 6.85. The van der Waals surface area contributed by atoms with Gasteiger partial charge in [-0.3, -0.25) is 4.99 Å². The van der Waals surface area contributed by atoms with E-state index in [0.717, 1.165) is 31.4 Å². The number of amidine groups is 1. The number of pyridine rings is 1. The molecule has 0 radical (unpaired) electrons. The lowest BCUT2D eigenvalue weighted by molar-refractivity contribution is 0.305. The largest absolute Gasteiger partial charge is 0.494 e. The van der Waals surface area contributed by atoms with Crippen molar-refractivity contribution in [3.05, 3.63) is 58.9 Å². The van der Waals surface area contributed by atoms with Crippen LogP contribution in [0.1, 0.15) is 36.9 Å². The molecule has 0 unspecified atom stereocenters. The van der Waals surface area contributed by atoms with Crippen LogP contribution in [0.2, 0.25) is 5.02 Å². The molecule has 1 aromatic heterocycles. The van der Waals surface area contributed by atoms with Crippen LogP contribution in [0, 0.1) is 11.3 Å². The summed E-state index contributed by atoms with van der Waals surface area (Å²) in [6, 6.07) is 12.9. The van der Waals surface area contributed by atoms with E-state index in [1.165, 1.54) is 0 Å². The fraction of sp³-hybridized carbons (Fsp3) is 0.316. The van der Waals surface area contributed by atoms with Gasteiger partial charge in [-0.1, -0.05) is 18.0 Å². The second-order valence-corrected chi connectivity index (χ2v) is 5.93. The Kier molecular flexibility index (Phi) is 7.74. The first kappa shape index (κ1) is 18.8. The number of benzene rings is 1. The van der Waals surface area contributed by atoms with Crippen LogP contribution in [-0.4, -0.2) is 24.0 Å². The molecule has 25 heavy (non-hydrogen) atoms. The van der Waals surface area contributed by atoms with Gasteiger partial charge < -0.3 is 10.5 Å². The fourth-order valence-corrected chi connectivity index (χ4v) is 2.40. The summed E-state index contributed by atoms with van der Waals surface area (Å²) in [6.45, 7) is 1.33. The van der Waals surface area contributed by atoms with Crippen molar-refractivity contribution in [2.45, 2.75) is 25.7 Å². The number of nitriles is 1. The average Bonchev–Trinajstić information content (AvgIpc) is 2.65. The molecule has 0 bridgehead atoms. The van der Waals surface area contributed by atoms with Gasteiger partial charge in [-0.25, -0.2) is 4.98 Å². The monoisotopic (exact) mass is 356 g/mol. The lowest BCUT2D eigenvalue weighted by atomic mass is 10.2. The maximum absolute atomic E-state index is 9.01. The summed E-state index contributed by atoms with van der Waals surface area (Å²) in [6.07, 6.45) is 5.63. The second kappa shape index (κ2) is 10.3. The van der Waals surface area contributed by atoms with Crippen LogP contribution in [-0.2, 0) is 0 Å². The van der Waals surface area contributed by atoms with E-state index in [1.807, 2.05) is 30.3 Å². The fourth-order valence-electron chi connectivity index (χ4n) is 2.27. The molecule has 0 fully saturated rings. The minimum absolute atomic E-state index is 0.308. The van der Waals surface area contributed by atoms with Crippen LogP contribution in [0.3, 0.4) is 0 Å². The Bertz CT molecular complexity index is 738. The van der Waals surface area contributed by atoms with Gasteiger partial charge in [0.05, 0.1) is 12.2 Å². The summed E-state index contributed by atoms with van der Waals surface area (Å²) in [4.78, 5) is 8.32. The molecule has 2 rings (SSSR count). The third-order valence-corrected chi connectivity index (χ3v) is 3.86. The summed E-state index contributed by atoms with van der Waals surface area (Å²) in [5.74, 6) is 1.21. The number of rotatable bonds is 9. The van der Waals surface area contributed by atoms with E-state index in [4.69, 9.17) is 27.3 Å². The molecule has 2 aromatic rings. The topological polar surface area (TPSA) is 84.3 Å². The van der Waals surface area contributed by atoms with Crippen LogP contribution in [0.4, 0.5) is 0 Å². The van der Waals surface area contributed by atoms with Gasteiger partial charge in [0.1, 0.15) is 17.7 Å². The van der Waals surface area contributed by atoms with Crippen molar-refractivity contribution >= 4 is 17.4 Å². The summed E-state index contributed by atoms with van der Waals surface area (Å²) in [7, 11) is 0. The zero-order chi connectivity index (χ0) is 17.9. The molecule has 0 atom stereocenters. The first-order chi connectivity index (χ1) is 12.2. The van der Waals surface area contributed by atoms with Crippen LogP contribution in [0.5, 0.6) is 5.75 Å². The molecule has 0 aliphatic carbocycles. The van der Waals surface area contributed by atoms with Gasteiger partial charge in [0.15, 0.2) is 5.69 Å². The number of unbranched alkanes of at least 4 members (excludes halogenated alkanes) is 3. The Morgan fingerprint density at radius 2 is 1.92 bits per heavy atom. The first-order valence-corrected chi connectivity index (χ1v) is 8.62. The SMILES string of the molecule is N#Cc1ncccc1C(N)=NCCCCCCOc1ccc(Cl)cc1. The normalized spacial score (nSPS) is 11.1. The van der Waals surface area contributed by atoms with Crippen molar-refractivity contribution in [1.82, 2.24) is 4.98 Å². The highest BCUT2D eigenvalue weighted by molar-refractivity contribution is 6.30. The molecular formula is C19H21ClN4O. The third kappa shape index (κ3) is 6.44. The van der Waals surface area contributed by atoms with Gasteiger partial charge in [0.2, 0.25) is 0 Å². The molecule has 0 aliphatic heterocycles. The van der Waals surface area contributed by atoms with Gasteiger partial charge in [-0.15, -0.1) is 0 Å². The highest BCUT2D eigenvalue weighted by Gasteiger charge is 2.05. The summed E-state index contributed by atoms with van der Waals surface area (Å²) < 4.78 is 5.65. The zero-order valence-electron chi connectivity index (χ0n) is 14.0. The van der Waals surface area contributed by atoms with Crippen molar-refractivity contribution < 1.29 is 4.74 Å². The molecule has 2 N–H and O–H groups in total. The van der Waals surface area contributed by atoms with E-state index < -0.39 is 0 Å². The molecule has 0 amide bonds. The van der Waals surface area contributed by atoms with Crippen LogP contribution in [0.15, 0.2) is 47.6 Å². The van der Waals surface area contributed by atoms with Crippen LogP contribution in [0.25, 0.3) is 0 Å². The Labute approximate surface area is 153 Å². The lowest BCUT2D eigenvalue weighted by Crippen LogP contribution is -2.16. The molecule has 0 saturated heterocycles. The standard InChI is InChI=1S/C19H21ClN4O/c20-15-7-9-16(10-8-15)25-13-4-2-1-3-11-24-19(22)17-6-5-12-23-18(17)14-21/h5-10,12H,1-4,11,13H2,(H2,22,24). The van der Waals surface area contributed by atoms with E-state index in [-0.39, 0.29) is 0 Å². The highest BCUT2D eigenvalue weighted by Crippen LogP contribution is 2.16. The number of nitrogens with two attached hydrogens (primary N) is 1. The Morgan fingerprint density at radius 3 is 2.68 bits per heavy atom. The van der Waals surface area contributed by atoms with Gasteiger partial charge >= 0.3 is 0 Å². The Balaban J connectivity index is 1.61. The van der Waals surface area contributed by atoms with Crippen LogP contribution >= 0.6 is 11.6 Å². The smallest absolute Gasteiger partial charge is 0.151 e. The molecule has 1 aromatic carbocycles. The minimum Gasteiger partial charge on any atom is -0.494 e. The molecule has 1 heterocycles. The maximum Gasteiger partial charge on any atom is 0.151 e. The summed E-state index contributed by atoms with van der Waals surface area (Å²) >= 11 is 5.83. The Hall–Kier alpha value is -2.58. The van der Waals surface area contributed by atoms with E-state index in [2.05, 4.69) is 9.98 Å². The van der Waals surface area contributed by atoms with E-state index in [9.17, 15) is 0 Å². The van der Waals surface area contributed by atoms with Gasteiger partial charge in [0, 0.05) is 17.8 Å². The van der Waals surface area contributed by atoms with Crippen molar-refractivity contribution in [3.8, 4) is 11.8 Å². The average molecular weight is 357 g/mol. The lowest BCUT2D eigenvalue weighted by Gasteiger charge is -2.06. The minimum atomic E-state index is 0.308. The molecule has 6 heteroatoms. The maximum atomic E-state index is 9.01. The molecular weight excluding hydrogens is 336 g/mol. The van der Waals surface area contributed by atoms with Gasteiger partial charge in [-0.05, 0) is 55.7 Å². The molecule has 0 aliphatic rings. The molecule has 0 spiro atoms. The summed E-state index contributed by atoms with van der Waals surface area (Å²) in [5, 5.41) is 9.72. The number of aliphatic imine (C=N–C) groups is 1. The zero-order valence-corrected chi connectivity index (χ0v) is 14.7. The van der Waals surface area contributed by atoms with Gasteiger partial charge in [0.25, 0.3) is 0 Å². The number of ether oxygens (including phenoxy) is 1. The molecule has 5 nitrogen and oxygen atoms in total. The van der Waals surface area contributed by atoms with E-state index in [0.29, 0.717) is 35.3 Å². The number of hydrogen-bond donors (Lipinski definition) is 1. The quantitative estimate of drug-likeness (QED) is 0.419. The number of hydrogen-bond acceptors (Lipinski definition) is 4. The second-order valence-electron chi connectivity index (χ2n) is 5.49. The number of nitrogens with zero attached hydrogens (tertiary/aromatic N) is 3. The van der Waals surface area contributed by atoms with E-state index in [1.54, 1.807) is 18.3 Å². The predicted molar refractivity (Wildman–Crippen MR) is 100.0 cm³/mol. The number of aromatic nitrogens is 1. The highest BCUT2D eigenvalue weighted by atomic mass is 35.5. The van der Waals surface area contributed by atoms with Crippen molar-refractivity contribution in [2.24, 2.45) is 10.7 Å². The van der Waals surface area contributed by atoms with Crippen LogP contribution < -0.4 is 10.5 Å². The Morgan fingerprint density at radius 1 is 1.16 bits per heavy atom. The van der Waals surface area contributed by atoms with Crippen molar-refractivity contribution in [1.29, 1.82) is 5.26 Å². The third-order valence-electron chi connectivity index (χ3n) is 3.61. The number of halogens is 1. The predicted octanol–water partition coefficient (Wildman–Crippen LogP) is 3.95. The van der Waals surface area contributed by atoms with Crippen molar-refractivity contribution in [2.75, 3.05) is 13.2 Å². The van der Waals surface area contributed by atoms with Gasteiger partial charge in [-0.2, -0.15) is 5.26 Å². The van der Waals surface area contributed by atoms with Crippen molar-refractivity contribution in [3.63, 3.8) is 0 Å². The molecule has 0 saturated carbocycles.